The molecule has 0 aliphatic heterocycles. The number of fused-ring (bicyclic) bond motifs is 3. The van der Waals surface area contributed by atoms with Gasteiger partial charge in [-0.15, -0.1) is 0 Å². The van der Waals surface area contributed by atoms with Gasteiger partial charge >= 0.3 is 0 Å². The van der Waals surface area contributed by atoms with Crippen molar-refractivity contribution in [2.24, 2.45) is 0 Å². The van der Waals surface area contributed by atoms with E-state index in [0.717, 1.165) is 89.1 Å². The van der Waals surface area contributed by atoms with Crippen LogP contribution in [0.4, 0.5) is 0 Å². The van der Waals surface area contributed by atoms with Crippen molar-refractivity contribution in [1.82, 2.24) is 19.9 Å². The van der Waals surface area contributed by atoms with Gasteiger partial charge in [-0.05, 0) is 46.5 Å². The second-order valence-electron chi connectivity index (χ2n) is 13.9. The largest absolute Gasteiger partial charge is 0.245 e. The van der Waals surface area contributed by atoms with E-state index in [9.17, 15) is 0 Å². The van der Waals surface area contributed by atoms with E-state index in [1.807, 2.05) is 42.5 Å². The lowest BCUT2D eigenvalue weighted by atomic mass is 9.96. The summed E-state index contributed by atoms with van der Waals surface area (Å²) in [5, 5.41) is 2.10. The molecule has 10 aromatic rings. The Labute approximate surface area is 325 Å². The quantitative estimate of drug-likeness (QED) is 0.154. The van der Waals surface area contributed by atoms with Gasteiger partial charge < -0.3 is 0 Å². The average Bonchev–Trinajstić information content (AvgIpc) is 3.29. The molecule has 0 aliphatic rings. The highest BCUT2D eigenvalue weighted by Crippen LogP contribution is 2.37. The first kappa shape index (κ1) is 33.0. The van der Waals surface area contributed by atoms with E-state index in [1.165, 1.54) is 5.56 Å². The van der Waals surface area contributed by atoms with Gasteiger partial charge in [0, 0.05) is 38.6 Å². The van der Waals surface area contributed by atoms with Crippen LogP contribution >= 0.6 is 0 Å². The molecule has 262 valence electrons. The van der Waals surface area contributed by atoms with Gasteiger partial charge in [-0.1, -0.05) is 182 Å². The molecule has 7 aromatic carbocycles. The molecule has 0 aliphatic carbocycles. The summed E-state index contributed by atoms with van der Waals surface area (Å²) >= 11 is 0. The predicted molar refractivity (Wildman–Crippen MR) is 231 cm³/mol. The highest BCUT2D eigenvalue weighted by atomic mass is 14.9. The Morgan fingerprint density at radius 1 is 0.250 bits per heavy atom. The Hall–Kier alpha value is -7.56. The summed E-state index contributed by atoms with van der Waals surface area (Å²) in [6.45, 7) is 0. The zero-order valence-electron chi connectivity index (χ0n) is 30.4. The van der Waals surface area contributed by atoms with E-state index in [2.05, 4.69) is 164 Å². The lowest BCUT2D eigenvalue weighted by molar-refractivity contribution is 1.18. The minimum atomic E-state index is 0.652. The van der Waals surface area contributed by atoms with Gasteiger partial charge in [0.2, 0.25) is 0 Å². The lowest BCUT2D eigenvalue weighted by Gasteiger charge is -2.14. The maximum atomic E-state index is 5.39. The molecule has 56 heavy (non-hydrogen) atoms. The van der Waals surface area contributed by atoms with Crippen LogP contribution in [-0.4, -0.2) is 19.9 Å². The monoisotopic (exact) mass is 714 g/mol. The molecule has 0 amide bonds. The summed E-state index contributed by atoms with van der Waals surface area (Å²) in [6, 6.07) is 71.5. The van der Waals surface area contributed by atoms with Gasteiger partial charge in [0.15, 0.2) is 5.82 Å². The SMILES string of the molecule is c1ccc(-c2ccc(-c3cc(-c4ccccc4)nc(-c4cccc(-c5cc(-c6ccccc6)c6ccc7ccc(-c8ccccc8)nc7c6n5)c4)n3)cc2)cc1. The van der Waals surface area contributed by atoms with Crippen LogP contribution in [0.3, 0.4) is 0 Å². The van der Waals surface area contributed by atoms with E-state index in [0.29, 0.717) is 5.82 Å². The van der Waals surface area contributed by atoms with Crippen molar-refractivity contribution >= 4 is 21.8 Å². The van der Waals surface area contributed by atoms with Crippen LogP contribution < -0.4 is 0 Å². The van der Waals surface area contributed by atoms with Crippen molar-refractivity contribution < 1.29 is 0 Å². The van der Waals surface area contributed by atoms with E-state index in [4.69, 9.17) is 19.9 Å². The van der Waals surface area contributed by atoms with Crippen LogP contribution in [-0.2, 0) is 0 Å². The molecule has 0 saturated heterocycles. The van der Waals surface area contributed by atoms with E-state index < -0.39 is 0 Å². The summed E-state index contributed by atoms with van der Waals surface area (Å²) in [5.41, 5.74) is 14.8. The Morgan fingerprint density at radius 2 is 0.714 bits per heavy atom. The second-order valence-corrected chi connectivity index (χ2v) is 13.9. The molecule has 0 atom stereocenters. The van der Waals surface area contributed by atoms with Crippen molar-refractivity contribution in [3.63, 3.8) is 0 Å². The summed E-state index contributed by atoms with van der Waals surface area (Å²) in [6.07, 6.45) is 0. The summed E-state index contributed by atoms with van der Waals surface area (Å²) in [4.78, 5) is 21.0. The minimum Gasteiger partial charge on any atom is -0.245 e. The van der Waals surface area contributed by atoms with Crippen LogP contribution in [0.25, 0.3) is 100 Å². The first-order chi connectivity index (χ1) is 27.7. The number of pyridine rings is 2. The molecule has 0 saturated carbocycles. The Balaban J connectivity index is 1.13. The van der Waals surface area contributed by atoms with Gasteiger partial charge in [0.05, 0.1) is 33.8 Å². The molecule has 4 nitrogen and oxygen atoms in total. The normalized spacial score (nSPS) is 11.2. The van der Waals surface area contributed by atoms with E-state index in [1.54, 1.807) is 0 Å². The molecule has 4 heteroatoms. The fourth-order valence-corrected chi connectivity index (χ4v) is 7.41. The standard InChI is InChI=1S/C52H34N4/c1-5-14-35(15-6-1)36-24-26-40(27-25-36)49-34-48(39-20-11-4-12-21-39)55-52(56-49)43-23-13-22-42(32-43)47-33-45(37-16-7-2-8-17-37)44-30-28-41-29-31-46(38-18-9-3-10-19-38)53-50(41)51(44)54-47/h1-34H. The molecule has 0 spiro atoms. The third kappa shape index (κ3) is 6.40. The van der Waals surface area contributed by atoms with Crippen LogP contribution in [0.2, 0.25) is 0 Å². The maximum Gasteiger partial charge on any atom is 0.160 e. The number of nitrogens with zero attached hydrogens (tertiary/aromatic N) is 4. The van der Waals surface area contributed by atoms with Crippen molar-refractivity contribution in [3.8, 4) is 78.7 Å². The van der Waals surface area contributed by atoms with E-state index >= 15 is 0 Å². The van der Waals surface area contributed by atoms with Crippen molar-refractivity contribution in [1.29, 1.82) is 0 Å². The summed E-state index contributed by atoms with van der Waals surface area (Å²) in [7, 11) is 0. The molecular weight excluding hydrogens is 681 g/mol. The number of aromatic nitrogens is 4. The number of hydrogen-bond acceptors (Lipinski definition) is 4. The van der Waals surface area contributed by atoms with Crippen LogP contribution in [0.15, 0.2) is 206 Å². The molecule has 3 aromatic heterocycles. The van der Waals surface area contributed by atoms with Crippen molar-refractivity contribution in [2.75, 3.05) is 0 Å². The second kappa shape index (κ2) is 14.3. The number of benzene rings is 7. The Kier molecular flexibility index (Phi) is 8.47. The molecule has 10 rings (SSSR count). The van der Waals surface area contributed by atoms with E-state index in [-0.39, 0.29) is 0 Å². The zero-order valence-corrected chi connectivity index (χ0v) is 30.4. The first-order valence-corrected chi connectivity index (χ1v) is 18.8. The molecule has 0 bridgehead atoms. The van der Waals surface area contributed by atoms with Gasteiger partial charge in [-0.3, -0.25) is 0 Å². The smallest absolute Gasteiger partial charge is 0.160 e. The fourth-order valence-electron chi connectivity index (χ4n) is 7.41. The van der Waals surface area contributed by atoms with Crippen LogP contribution in [0, 0.1) is 0 Å². The van der Waals surface area contributed by atoms with Gasteiger partial charge in [-0.25, -0.2) is 19.9 Å². The molecular formula is C52H34N4. The summed E-state index contributed by atoms with van der Waals surface area (Å²) in [5.74, 6) is 0.652. The lowest BCUT2D eigenvalue weighted by Crippen LogP contribution is -1.97. The fraction of sp³-hybridized carbons (Fsp3) is 0. The Morgan fingerprint density at radius 3 is 1.38 bits per heavy atom. The van der Waals surface area contributed by atoms with Gasteiger partial charge in [-0.2, -0.15) is 0 Å². The Bertz CT molecular complexity index is 2980. The van der Waals surface area contributed by atoms with Crippen LogP contribution in [0.5, 0.6) is 0 Å². The average molecular weight is 715 g/mol. The van der Waals surface area contributed by atoms with Crippen molar-refractivity contribution in [2.45, 2.75) is 0 Å². The number of hydrogen-bond donors (Lipinski definition) is 0. The minimum absolute atomic E-state index is 0.652. The molecule has 3 heterocycles. The van der Waals surface area contributed by atoms with Crippen molar-refractivity contribution in [3.05, 3.63) is 206 Å². The molecule has 0 N–H and O–H groups in total. The van der Waals surface area contributed by atoms with Gasteiger partial charge in [0.25, 0.3) is 0 Å². The summed E-state index contributed by atoms with van der Waals surface area (Å²) < 4.78 is 0. The van der Waals surface area contributed by atoms with Gasteiger partial charge in [0.1, 0.15) is 0 Å². The zero-order chi connectivity index (χ0) is 37.3. The first-order valence-electron chi connectivity index (χ1n) is 18.8. The predicted octanol–water partition coefficient (Wildman–Crippen LogP) is 13.2. The topological polar surface area (TPSA) is 51.6 Å². The maximum absolute atomic E-state index is 5.39. The highest BCUT2D eigenvalue weighted by molar-refractivity contribution is 6.09. The molecule has 0 unspecified atom stereocenters. The third-order valence-corrected chi connectivity index (χ3v) is 10.3. The number of rotatable bonds is 7. The molecule has 0 fully saturated rings. The highest BCUT2D eigenvalue weighted by Gasteiger charge is 2.16. The third-order valence-electron chi connectivity index (χ3n) is 10.3. The van der Waals surface area contributed by atoms with Crippen LogP contribution in [0.1, 0.15) is 0 Å². The molecule has 0 radical (unpaired) electrons.